The molecule has 3 rings (SSSR count). The third-order valence-electron chi connectivity index (χ3n) is 3.86. The van der Waals surface area contributed by atoms with Crippen LogP contribution in [0.2, 0.25) is 0 Å². The topological polar surface area (TPSA) is 71.0 Å². The summed E-state index contributed by atoms with van der Waals surface area (Å²) >= 11 is 0. The summed E-state index contributed by atoms with van der Waals surface area (Å²) in [5, 5.41) is 2.87. The molecule has 3 aromatic rings. The first-order valence-corrected chi connectivity index (χ1v) is 8.36. The molecular weight excluding hydrogens is 326 g/mol. The number of carbonyl (C=O) groups excluding carboxylic acids is 1. The van der Waals surface area contributed by atoms with Crippen molar-refractivity contribution in [1.82, 2.24) is 19.9 Å². The second-order valence-electron chi connectivity index (χ2n) is 6.21. The van der Waals surface area contributed by atoms with E-state index in [1.165, 1.54) is 0 Å². The van der Waals surface area contributed by atoms with E-state index in [0.717, 1.165) is 17.0 Å². The summed E-state index contributed by atoms with van der Waals surface area (Å²) in [4.78, 5) is 27.1. The number of nitrogens with zero attached hydrogens (tertiary/aromatic N) is 4. The van der Waals surface area contributed by atoms with Crippen LogP contribution >= 0.6 is 0 Å². The van der Waals surface area contributed by atoms with E-state index in [1.54, 1.807) is 24.8 Å². The molecule has 2 heterocycles. The van der Waals surface area contributed by atoms with Crippen LogP contribution in [0.1, 0.15) is 27.3 Å². The first kappa shape index (κ1) is 17.7. The van der Waals surface area contributed by atoms with E-state index in [9.17, 15) is 4.79 Å². The minimum Gasteiger partial charge on any atom is -0.321 e. The molecule has 6 nitrogen and oxygen atoms in total. The second-order valence-corrected chi connectivity index (χ2v) is 6.21. The summed E-state index contributed by atoms with van der Waals surface area (Å²) in [7, 11) is 2.01. The smallest absolute Gasteiger partial charge is 0.255 e. The highest BCUT2D eigenvalue weighted by atomic mass is 16.1. The van der Waals surface area contributed by atoms with Gasteiger partial charge in [0.15, 0.2) is 0 Å². The normalized spacial score (nSPS) is 10.7. The minimum absolute atomic E-state index is 0.144. The van der Waals surface area contributed by atoms with Gasteiger partial charge in [-0.2, -0.15) is 0 Å². The van der Waals surface area contributed by atoms with Gasteiger partial charge < -0.3 is 5.32 Å². The number of aromatic nitrogens is 3. The van der Waals surface area contributed by atoms with Gasteiger partial charge >= 0.3 is 0 Å². The van der Waals surface area contributed by atoms with Crippen LogP contribution in [-0.4, -0.2) is 32.8 Å². The van der Waals surface area contributed by atoms with E-state index >= 15 is 0 Å². The highest BCUT2D eigenvalue weighted by Gasteiger charge is 2.09. The molecule has 0 aliphatic carbocycles. The molecule has 0 atom stereocenters. The van der Waals surface area contributed by atoms with Gasteiger partial charge in [-0.15, -0.1) is 0 Å². The molecule has 26 heavy (non-hydrogen) atoms. The van der Waals surface area contributed by atoms with Crippen molar-refractivity contribution in [2.24, 2.45) is 0 Å². The Kier molecular flexibility index (Phi) is 5.66. The lowest BCUT2D eigenvalue weighted by atomic mass is 10.1. The van der Waals surface area contributed by atoms with Crippen molar-refractivity contribution in [3.63, 3.8) is 0 Å². The predicted octanol–water partition coefficient (Wildman–Crippen LogP) is 3.06. The van der Waals surface area contributed by atoms with Crippen LogP contribution in [0.5, 0.6) is 0 Å². The summed E-state index contributed by atoms with van der Waals surface area (Å²) in [6.07, 6.45) is 6.77. The zero-order chi connectivity index (χ0) is 18.4. The van der Waals surface area contributed by atoms with Crippen LogP contribution in [0.15, 0.2) is 61.2 Å². The molecular formula is C20H21N5O. The second kappa shape index (κ2) is 8.31. The number of nitrogens with one attached hydrogen (secondary N) is 1. The van der Waals surface area contributed by atoms with Gasteiger partial charge in [-0.05, 0) is 43.8 Å². The standard InChI is InChI=1S/C20H21N5O/c1-15-6-7-18(12-23-15)24-20(26)17-5-3-4-16(10-17)13-25(2)14-19-11-21-8-9-22-19/h3-12H,13-14H2,1-2H3,(H,24,26). The largest absolute Gasteiger partial charge is 0.321 e. The molecule has 6 heteroatoms. The number of carbonyl (C=O) groups is 1. The molecule has 0 radical (unpaired) electrons. The van der Waals surface area contributed by atoms with E-state index in [4.69, 9.17) is 0 Å². The number of rotatable bonds is 6. The maximum Gasteiger partial charge on any atom is 0.255 e. The quantitative estimate of drug-likeness (QED) is 0.742. The molecule has 132 valence electrons. The van der Waals surface area contributed by atoms with E-state index in [0.29, 0.717) is 24.3 Å². The predicted molar refractivity (Wildman–Crippen MR) is 101 cm³/mol. The lowest BCUT2D eigenvalue weighted by Gasteiger charge is -2.16. The van der Waals surface area contributed by atoms with Crippen molar-refractivity contribution >= 4 is 11.6 Å². The van der Waals surface area contributed by atoms with Crippen LogP contribution in [0.4, 0.5) is 5.69 Å². The molecule has 0 saturated carbocycles. The SMILES string of the molecule is Cc1ccc(NC(=O)c2cccc(CN(C)Cc3cnccn3)c2)cn1. The average molecular weight is 347 g/mol. The van der Waals surface area contributed by atoms with Gasteiger partial charge in [-0.3, -0.25) is 24.6 Å². The van der Waals surface area contributed by atoms with Crippen molar-refractivity contribution in [1.29, 1.82) is 0 Å². The number of hydrogen-bond acceptors (Lipinski definition) is 5. The molecule has 0 saturated heterocycles. The minimum atomic E-state index is -0.144. The first-order chi connectivity index (χ1) is 12.6. The fourth-order valence-electron chi connectivity index (χ4n) is 2.61. The van der Waals surface area contributed by atoms with Crippen molar-refractivity contribution in [3.8, 4) is 0 Å². The van der Waals surface area contributed by atoms with E-state index in [1.807, 2.05) is 50.4 Å². The lowest BCUT2D eigenvalue weighted by Crippen LogP contribution is -2.19. The maximum atomic E-state index is 12.5. The Morgan fingerprint density at radius 3 is 2.69 bits per heavy atom. The number of benzene rings is 1. The molecule has 0 aliphatic heterocycles. The molecule has 1 N–H and O–H groups in total. The summed E-state index contributed by atoms with van der Waals surface area (Å²) in [5.74, 6) is -0.144. The molecule has 0 spiro atoms. The van der Waals surface area contributed by atoms with Crippen molar-refractivity contribution < 1.29 is 4.79 Å². The molecule has 0 bridgehead atoms. The Bertz CT molecular complexity index is 865. The number of aryl methyl sites for hydroxylation is 1. The fourth-order valence-corrected chi connectivity index (χ4v) is 2.61. The van der Waals surface area contributed by atoms with E-state index in [2.05, 4.69) is 25.2 Å². The molecule has 0 aliphatic rings. The van der Waals surface area contributed by atoms with Crippen LogP contribution < -0.4 is 5.32 Å². The van der Waals surface area contributed by atoms with Crippen molar-refractivity contribution in [2.45, 2.75) is 20.0 Å². The molecule has 0 fully saturated rings. The molecule has 1 aromatic carbocycles. The van der Waals surface area contributed by atoms with Gasteiger partial charge in [0.1, 0.15) is 0 Å². The zero-order valence-corrected chi connectivity index (χ0v) is 14.9. The first-order valence-electron chi connectivity index (χ1n) is 8.36. The van der Waals surface area contributed by atoms with Crippen LogP contribution in [-0.2, 0) is 13.1 Å². The molecule has 1 amide bonds. The van der Waals surface area contributed by atoms with Crippen LogP contribution in [0.3, 0.4) is 0 Å². The average Bonchev–Trinajstić information content (AvgIpc) is 2.64. The van der Waals surface area contributed by atoms with Crippen molar-refractivity contribution in [2.75, 3.05) is 12.4 Å². The maximum absolute atomic E-state index is 12.5. The number of anilines is 1. The molecule has 0 unspecified atom stereocenters. The van der Waals surface area contributed by atoms with Crippen LogP contribution in [0, 0.1) is 6.92 Å². The highest BCUT2D eigenvalue weighted by Crippen LogP contribution is 2.12. The van der Waals surface area contributed by atoms with Gasteiger partial charge in [0.25, 0.3) is 5.91 Å². The van der Waals surface area contributed by atoms with Gasteiger partial charge in [-0.1, -0.05) is 12.1 Å². The lowest BCUT2D eigenvalue weighted by molar-refractivity contribution is 0.102. The Balaban J connectivity index is 1.63. The van der Waals surface area contributed by atoms with Crippen LogP contribution in [0.25, 0.3) is 0 Å². The molecule has 2 aromatic heterocycles. The number of pyridine rings is 1. The Hall–Kier alpha value is -3.12. The Morgan fingerprint density at radius 2 is 1.96 bits per heavy atom. The van der Waals surface area contributed by atoms with Gasteiger partial charge in [0.2, 0.25) is 0 Å². The Labute approximate surface area is 153 Å². The van der Waals surface area contributed by atoms with Gasteiger partial charge in [-0.25, -0.2) is 0 Å². The van der Waals surface area contributed by atoms with Crippen molar-refractivity contribution in [3.05, 3.63) is 83.7 Å². The summed E-state index contributed by atoms with van der Waals surface area (Å²) in [6, 6.07) is 11.3. The summed E-state index contributed by atoms with van der Waals surface area (Å²) < 4.78 is 0. The number of amides is 1. The summed E-state index contributed by atoms with van der Waals surface area (Å²) in [6.45, 7) is 3.32. The van der Waals surface area contributed by atoms with Gasteiger partial charge in [0.05, 0.1) is 17.6 Å². The zero-order valence-electron chi connectivity index (χ0n) is 14.9. The fraction of sp³-hybridized carbons (Fsp3) is 0.200. The Morgan fingerprint density at radius 1 is 1.08 bits per heavy atom. The monoisotopic (exact) mass is 347 g/mol. The van der Waals surface area contributed by atoms with Gasteiger partial charge in [0, 0.05) is 42.9 Å². The van der Waals surface area contributed by atoms with E-state index < -0.39 is 0 Å². The third kappa shape index (κ3) is 4.94. The third-order valence-corrected chi connectivity index (χ3v) is 3.86. The number of hydrogen-bond donors (Lipinski definition) is 1. The highest BCUT2D eigenvalue weighted by molar-refractivity contribution is 6.04. The van der Waals surface area contributed by atoms with E-state index in [-0.39, 0.29) is 5.91 Å². The summed E-state index contributed by atoms with van der Waals surface area (Å²) in [5.41, 5.74) is 4.19.